The van der Waals surface area contributed by atoms with E-state index in [1.807, 2.05) is 0 Å². The first-order chi connectivity index (χ1) is 12.9. The van der Waals surface area contributed by atoms with E-state index >= 15 is 0 Å². The number of rotatable bonds is 1. The summed E-state index contributed by atoms with van der Waals surface area (Å²) < 4.78 is 32.6. The minimum Gasteiger partial charge on any atom is -0.486 e. The number of fused-ring (bicyclic) bond motifs is 1. The molecule has 2 aliphatic rings. The third-order valence-electron chi connectivity index (χ3n) is 5.18. The van der Waals surface area contributed by atoms with Gasteiger partial charge in [0.1, 0.15) is 11.4 Å². The number of halogens is 3. The van der Waals surface area contributed by atoms with Gasteiger partial charge in [0.25, 0.3) is 5.91 Å². The number of benzene rings is 2. The third-order valence-corrected chi connectivity index (χ3v) is 5.41. The van der Waals surface area contributed by atoms with Gasteiger partial charge in [-0.05, 0) is 36.4 Å². The lowest BCUT2D eigenvalue weighted by molar-refractivity contribution is -0.00571. The number of likely N-dealkylation sites (tertiary alicyclic amines) is 1. The van der Waals surface area contributed by atoms with Crippen molar-refractivity contribution in [2.75, 3.05) is 13.1 Å². The maximum atomic E-state index is 13.4. The molecule has 0 bridgehead atoms. The van der Waals surface area contributed by atoms with Crippen LogP contribution in [-0.4, -0.2) is 35.3 Å². The molecule has 140 valence electrons. The molecule has 0 aromatic heterocycles. The van der Waals surface area contributed by atoms with Crippen LogP contribution in [0.4, 0.5) is 8.78 Å². The Morgan fingerprint density at radius 2 is 1.81 bits per heavy atom. The summed E-state index contributed by atoms with van der Waals surface area (Å²) >= 11 is 5.95. The molecule has 2 aliphatic heterocycles. The van der Waals surface area contributed by atoms with Gasteiger partial charge in [0.05, 0.1) is 12.0 Å². The third kappa shape index (κ3) is 3.30. The fourth-order valence-electron chi connectivity index (χ4n) is 3.67. The number of amides is 1. The van der Waals surface area contributed by atoms with Gasteiger partial charge in [0.2, 0.25) is 0 Å². The number of carbonyl (C=O) groups excluding carboxylic acids is 2. The topological polar surface area (TPSA) is 46.6 Å². The van der Waals surface area contributed by atoms with E-state index in [1.165, 1.54) is 6.07 Å². The number of ketones is 1. The maximum Gasteiger partial charge on any atom is 0.253 e. The van der Waals surface area contributed by atoms with Crippen molar-refractivity contribution in [3.63, 3.8) is 0 Å². The van der Waals surface area contributed by atoms with Crippen molar-refractivity contribution in [2.24, 2.45) is 0 Å². The highest BCUT2D eigenvalue weighted by Gasteiger charge is 2.43. The lowest BCUT2D eigenvalue weighted by atomic mass is 9.82. The molecule has 0 saturated carbocycles. The predicted octanol–water partition coefficient (Wildman–Crippen LogP) is 4.26. The number of hydrogen-bond acceptors (Lipinski definition) is 3. The van der Waals surface area contributed by atoms with Crippen LogP contribution in [0.15, 0.2) is 36.4 Å². The standard InChI is InChI=1S/C20H16ClF2NO3/c21-13-2-4-18-14(10-13)17(25)11-20(27-18)5-7-24(8-6-20)19(26)12-1-3-15(22)16(23)9-12/h1-4,9-10H,5-8,11H2. The first-order valence-electron chi connectivity index (χ1n) is 8.63. The van der Waals surface area contributed by atoms with Crippen LogP contribution in [0.5, 0.6) is 5.75 Å². The highest BCUT2D eigenvalue weighted by Crippen LogP contribution is 2.40. The SMILES string of the molecule is O=C1CC2(CCN(C(=O)c3ccc(F)c(F)c3)CC2)Oc2ccc(Cl)cc21. The van der Waals surface area contributed by atoms with Gasteiger partial charge in [0, 0.05) is 36.5 Å². The molecule has 0 unspecified atom stereocenters. The molecule has 2 heterocycles. The van der Waals surface area contributed by atoms with Gasteiger partial charge < -0.3 is 9.64 Å². The minimum absolute atomic E-state index is 0.0286. The molecule has 2 aromatic rings. The Morgan fingerprint density at radius 1 is 1.07 bits per heavy atom. The van der Waals surface area contributed by atoms with Crippen molar-refractivity contribution in [1.29, 1.82) is 0 Å². The second-order valence-corrected chi connectivity index (χ2v) is 7.38. The summed E-state index contributed by atoms with van der Waals surface area (Å²) in [7, 11) is 0. The lowest BCUT2D eigenvalue weighted by Gasteiger charge is -2.44. The van der Waals surface area contributed by atoms with Gasteiger partial charge in [-0.2, -0.15) is 0 Å². The van der Waals surface area contributed by atoms with E-state index in [0.29, 0.717) is 42.3 Å². The van der Waals surface area contributed by atoms with E-state index in [9.17, 15) is 18.4 Å². The molecule has 0 radical (unpaired) electrons. The second kappa shape index (κ2) is 6.60. The Balaban J connectivity index is 1.49. The number of ether oxygens (including phenoxy) is 1. The number of carbonyl (C=O) groups is 2. The smallest absolute Gasteiger partial charge is 0.253 e. The average Bonchev–Trinajstić information content (AvgIpc) is 2.65. The Bertz CT molecular complexity index is 939. The summed E-state index contributed by atoms with van der Waals surface area (Å²) in [4.78, 5) is 26.6. The number of hydrogen-bond donors (Lipinski definition) is 0. The predicted molar refractivity (Wildman–Crippen MR) is 95.3 cm³/mol. The first kappa shape index (κ1) is 17.9. The van der Waals surface area contributed by atoms with Crippen LogP contribution in [0, 0.1) is 11.6 Å². The van der Waals surface area contributed by atoms with E-state index in [2.05, 4.69) is 0 Å². The molecule has 7 heteroatoms. The zero-order chi connectivity index (χ0) is 19.2. The van der Waals surface area contributed by atoms with E-state index in [0.717, 1.165) is 12.1 Å². The Labute approximate surface area is 159 Å². The molecular weight excluding hydrogens is 376 g/mol. The van der Waals surface area contributed by atoms with Gasteiger partial charge in [-0.15, -0.1) is 0 Å². The van der Waals surface area contributed by atoms with Gasteiger partial charge in [-0.25, -0.2) is 8.78 Å². The maximum absolute atomic E-state index is 13.4. The van der Waals surface area contributed by atoms with E-state index in [4.69, 9.17) is 16.3 Å². The zero-order valence-corrected chi connectivity index (χ0v) is 15.1. The second-order valence-electron chi connectivity index (χ2n) is 6.95. The molecule has 4 rings (SSSR count). The molecule has 2 aromatic carbocycles. The summed E-state index contributed by atoms with van der Waals surface area (Å²) in [5.41, 5.74) is -0.0678. The summed E-state index contributed by atoms with van der Waals surface area (Å²) in [5, 5.41) is 0.480. The van der Waals surface area contributed by atoms with Gasteiger partial charge in [-0.1, -0.05) is 11.6 Å². The quantitative estimate of drug-likeness (QED) is 0.729. The Hall–Kier alpha value is -2.47. The van der Waals surface area contributed by atoms with Crippen LogP contribution >= 0.6 is 11.6 Å². The van der Waals surface area contributed by atoms with Crippen molar-refractivity contribution < 1.29 is 23.1 Å². The normalized spacial score (nSPS) is 18.2. The van der Waals surface area contributed by atoms with Crippen molar-refractivity contribution in [3.05, 3.63) is 64.2 Å². The largest absolute Gasteiger partial charge is 0.486 e. The fourth-order valence-corrected chi connectivity index (χ4v) is 3.85. The molecule has 0 atom stereocenters. The minimum atomic E-state index is -1.05. The fraction of sp³-hybridized carbons (Fsp3) is 0.300. The van der Waals surface area contributed by atoms with Crippen LogP contribution in [0.3, 0.4) is 0 Å². The summed E-state index contributed by atoms with van der Waals surface area (Å²) in [6.07, 6.45) is 1.19. The van der Waals surface area contributed by atoms with Crippen LogP contribution < -0.4 is 4.74 Å². The van der Waals surface area contributed by atoms with Crippen LogP contribution in [-0.2, 0) is 0 Å². The summed E-state index contributed by atoms with van der Waals surface area (Å²) in [6, 6.07) is 8.09. The van der Waals surface area contributed by atoms with Crippen molar-refractivity contribution in [3.8, 4) is 5.75 Å². The number of nitrogens with zero attached hydrogens (tertiary/aromatic N) is 1. The van der Waals surface area contributed by atoms with E-state index in [-0.39, 0.29) is 23.7 Å². The van der Waals surface area contributed by atoms with Crippen LogP contribution in [0.25, 0.3) is 0 Å². The Kier molecular flexibility index (Phi) is 4.38. The molecule has 1 fully saturated rings. The van der Waals surface area contributed by atoms with Crippen molar-refractivity contribution >= 4 is 23.3 Å². The number of piperidine rings is 1. The van der Waals surface area contributed by atoms with Gasteiger partial charge in [0.15, 0.2) is 17.4 Å². The van der Waals surface area contributed by atoms with Crippen molar-refractivity contribution in [1.82, 2.24) is 4.90 Å². The number of Topliss-reactive ketones (excluding diaryl/α,β-unsaturated/α-hetero) is 1. The summed E-state index contributed by atoms with van der Waals surface area (Å²) in [6.45, 7) is 0.738. The molecule has 0 aliphatic carbocycles. The van der Waals surface area contributed by atoms with Crippen LogP contribution in [0.2, 0.25) is 5.02 Å². The van der Waals surface area contributed by atoms with Crippen LogP contribution in [0.1, 0.15) is 40.0 Å². The average molecular weight is 392 g/mol. The summed E-state index contributed by atoms with van der Waals surface area (Å²) in [5.74, 6) is -1.92. The molecule has 1 amide bonds. The molecular formula is C20H16ClF2NO3. The van der Waals surface area contributed by atoms with Crippen molar-refractivity contribution in [2.45, 2.75) is 24.9 Å². The first-order valence-corrected chi connectivity index (χ1v) is 9.01. The molecule has 27 heavy (non-hydrogen) atoms. The van der Waals surface area contributed by atoms with E-state index in [1.54, 1.807) is 23.1 Å². The molecule has 1 spiro atoms. The monoisotopic (exact) mass is 391 g/mol. The molecule has 4 nitrogen and oxygen atoms in total. The molecule has 1 saturated heterocycles. The molecule has 0 N–H and O–H groups in total. The highest BCUT2D eigenvalue weighted by molar-refractivity contribution is 6.31. The van der Waals surface area contributed by atoms with E-state index < -0.39 is 17.2 Å². The van der Waals surface area contributed by atoms with Gasteiger partial charge >= 0.3 is 0 Å². The zero-order valence-electron chi connectivity index (χ0n) is 14.3. The van der Waals surface area contributed by atoms with Gasteiger partial charge in [-0.3, -0.25) is 9.59 Å². The highest BCUT2D eigenvalue weighted by atomic mass is 35.5. The Morgan fingerprint density at radius 3 is 2.52 bits per heavy atom. The lowest BCUT2D eigenvalue weighted by Crippen LogP contribution is -2.52.